The third kappa shape index (κ3) is 7.05. The number of nitrogens with one attached hydrogen (secondary N) is 2. The summed E-state index contributed by atoms with van der Waals surface area (Å²) >= 11 is 1.59. The fraction of sp³-hybridized carbons (Fsp3) is 0.741. The van der Waals surface area contributed by atoms with E-state index in [2.05, 4.69) is 20.9 Å². The number of nitrogens with zero attached hydrogens (tertiary/aromatic N) is 4. The number of carbonyl (C=O) groups excluding carboxylic acids is 4. The monoisotopic (exact) mass is 607 g/mol. The lowest BCUT2D eigenvalue weighted by Crippen LogP contribution is -2.63. The lowest BCUT2D eigenvalue weighted by atomic mass is 9.84. The molecule has 4 rings (SSSR count). The Morgan fingerprint density at radius 2 is 1.83 bits per heavy atom. The molecule has 3 fully saturated rings. The molecule has 232 valence electrons. The molecule has 14 nitrogen and oxygen atoms in total. The third-order valence-electron chi connectivity index (χ3n) is 8.67. The van der Waals surface area contributed by atoms with Gasteiger partial charge in [-0.15, -0.1) is 5.10 Å². The average Bonchev–Trinajstić information content (AvgIpc) is 3.61. The molecule has 1 aromatic heterocycles. The van der Waals surface area contributed by atoms with Gasteiger partial charge in [-0.2, -0.15) is 11.8 Å². The van der Waals surface area contributed by atoms with Crippen LogP contribution >= 0.6 is 11.8 Å². The molecule has 2 aliphatic heterocycles. The average molecular weight is 608 g/mol. The Kier molecular flexibility index (Phi) is 9.81. The van der Waals surface area contributed by atoms with Crippen molar-refractivity contribution < 1.29 is 34.2 Å². The first-order valence-corrected chi connectivity index (χ1v) is 15.6. The van der Waals surface area contributed by atoms with Gasteiger partial charge in [0, 0.05) is 13.0 Å². The summed E-state index contributed by atoms with van der Waals surface area (Å²) < 4.78 is 1.48. The Morgan fingerprint density at radius 1 is 1.17 bits per heavy atom. The maximum Gasteiger partial charge on any atom is 0.405 e. The minimum Gasteiger partial charge on any atom is -0.465 e. The molecule has 2 saturated heterocycles. The van der Waals surface area contributed by atoms with Gasteiger partial charge < -0.3 is 31.5 Å². The smallest absolute Gasteiger partial charge is 0.405 e. The Morgan fingerprint density at radius 3 is 2.43 bits per heavy atom. The number of aliphatic hydroxyl groups is 1. The quantitative estimate of drug-likeness (QED) is 0.235. The third-order valence-corrected chi connectivity index (χ3v) is 9.65. The molecule has 1 aromatic rings. The van der Waals surface area contributed by atoms with Gasteiger partial charge in [0.1, 0.15) is 23.2 Å². The normalized spacial score (nSPS) is 23.6. The van der Waals surface area contributed by atoms with Crippen molar-refractivity contribution in [2.24, 2.45) is 11.7 Å². The van der Waals surface area contributed by atoms with Crippen LogP contribution in [-0.2, 0) is 24.8 Å². The molecular weight excluding hydrogens is 566 g/mol. The summed E-state index contributed by atoms with van der Waals surface area (Å²) in [5, 5.41) is 33.5. The highest BCUT2D eigenvalue weighted by molar-refractivity contribution is 7.99. The summed E-state index contributed by atoms with van der Waals surface area (Å²) in [6.07, 6.45) is 5.78. The van der Waals surface area contributed by atoms with Crippen molar-refractivity contribution >= 4 is 41.4 Å². The minimum absolute atomic E-state index is 0.00154. The highest BCUT2D eigenvalue weighted by Gasteiger charge is 2.49. The van der Waals surface area contributed by atoms with Gasteiger partial charge in [-0.05, 0) is 50.5 Å². The van der Waals surface area contributed by atoms with Crippen molar-refractivity contribution in [3.8, 4) is 0 Å². The van der Waals surface area contributed by atoms with E-state index in [1.54, 1.807) is 25.6 Å². The van der Waals surface area contributed by atoms with Crippen LogP contribution in [0.25, 0.3) is 0 Å². The van der Waals surface area contributed by atoms with E-state index in [-0.39, 0.29) is 31.7 Å². The zero-order chi connectivity index (χ0) is 30.7. The van der Waals surface area contributed by atoms with Crippen LogP contribution in [0.2, 0.25) is 0 Å². The highest BCUT2D eigenvalue weighted by Crippen LogP contribution is 2.35. The van der Waals surface area contributed by atoms with E-state index in [1.807, 2.05) is 0 Å². The number of hydrogen-bond donors (Lipinski definition) is 5. The minimum atomic E-state index is -1.48. The zero-order valence-corrected chi connectivity index (χ0v) is 24.9. The largest absolute Gasteiger partial charge is 0.465 e. The van der Waals surface area contributed by atoms with Gasteiger partial charge in [-0.1, -0.05) is 37.3 Å². The first-order valence-electron chi connectivity index (χ1n) is 14.5. The number of ketones is 1. The molecule has 3 atom stereocenters. The van der Waals surface area contributed by atoms with E-state index in [1.165, 1.54) is 15.8 Å². The molecule has 15 heteroatoms. The van der Waals surface area contributed by atoms with E-state index in [4.69, 9.17) is 5.73 Å². The highest BCUT2D eigenvalue weighted by atomic mass is 32.2. The zero-order valence-electron chi connectivity index (χ0n) is 24.1. The molecule has 0 aromatic carbocycles. The van der Waals surface area contributed by atoms with E-state index < -0.39 is 58.9 Å². The molecule has 1 saturated carbocycles. The second-order valence-electron chi connectivity index (χ2n) is 12.1. The fourth-order valence-electron chi connectivity index (χ4n) is 6.45. The van der Waals surface area contributed by atoms with Gasteiger partial charge in [0.2, 0.25) is 17.6 Å². The van der Waals surface area contributed by atoms with E-state index in [0.717, 1.165) is 32.1 Å². The number of hydrogen-bond acceptors (Lipinski definition) is 9. The van der Waals surface area contributed by atoms with Gasteiger partial charge in [0.25, 0.3) is 5.91 Å². The van der Waals surface area contributed by atoms with E-state index in [9.17, 15) is 34.2 Å². The predicted octanol–water partition coefficient (Wildman–Crippen LogP) is 0.691. The number of amides is 4. The van der Waals surface area contributed by atoms with Crippen molar-refractivity contribution in [2.45, 2.75) is 101 Å². The Bertz CT molecular complexity index is 1190. The van der Waals surface area contributed by atoms with Crippen LogP contribution in [0.3, 0.4) is 0 Å². The van der Waals surface area contributed by atoms with Crippen molar-refractivity contribution in [3.05, 3.63) is 11.9 Å². The molecule has 0 radical (unpaired) electrons. The van der Waals surface area contributed by atoms with E-state index in [0.29, 0.717) is 23.6 Å². The van der Waals surface area contributed by atoms with Crippen LogP contribution < -0.4 is 16.4 Å². The molecule has 1 aliphatic carbocycles. The number of nitrogens with two attached hydrogens (primary N) is 1. The Labute approximate surface area is 248 Å². The molecule has 0 unspecified atom stereocenters. The van der Waals surface area contributed by atoms with Crippen molar-refractivity contribution in [2.75, 3.05) is 18.1 Å². The lowest BCUT2D eigenvalue weighted by Gasteiger charge is -2.37. The van der Waals surface area contributed by atoms with Gasteiger partial charge >= 0.3 is 6.09 Å². The predicted molar refractivity (Wildman–Crippen MR) is 152 cm³/mol. The fourth-order valence-corrected chi connectivity index (χ4v) is 7.63. The first kappa shape index (κ1) is 31.7. The van der Waals surface area contributed by atoms with Gasteiger partial charge in [-0.25, -0.2) is 9.48 Å². The number of carbonyl (C=O) groups is 5. The number of Topliss-reactive ketones (excluding diaryl/α,β-unsaturated/α-hetero) is 1. The molecular formula is C27H41N7O7S. The summed E-state index contributed by atoms with van der Waals surface area (Å²) in [5.41, 5.74) is 2.95. The van der Waals surface area contributed by atoms with Crippen LogP contribution in [-0.4, -0.2) is 95.4 Å². The Hall–Kier alpha value is -3.20. The second-order valence-corrected chi connectivity index (χ2v) is 13.4. The molecule has 0 spiro atoms. The number of rotatable bonds is 10. The molecule has 0 bridgehead atoms. The van der Waals surface area contributed by atoms with Crippen molar-refractivity contribution in [3.63, 3.8) is 0 Å². The molecule has 6 N–H and O–H groups in total. The van der Waals surface area contributed by atoms with Crippen LogP contribution in [0.5, 0.6) is 0 Å². The van der Waals surface area contributed by atoms with Crippen LogP contribution in [0, 0.1) is 5.92 Å². The number of thioether (sulfide) groups is 1. The first-order chi connectivity index (χ1) is 19.8. The van der Waals surface area contributed by atoms with Crippen LogP contribution in [0.4, 0.5) is 4.79 Å². The SMILES string of the molecule is CC(C)(O)c1cnnn1[C@H]1C[C@@H](C(=O)NC2(C(=O)C(N)=O)CCSCC2)N(C(=O)[C@@H](CC2CCCCC2)NC(=O)O)C1. The van der Waals surface area contributed by atoms with Crippen LogP contribution in [0.15, 0.2) is 6.20 Å². The summed E-state index contributed by atoms with van der Waals surface area (Å²) in [7, 11) is 0. The second kappa shape index (κ2) is 13.0. The Balaban J connectivity index is 1.66. The van der Waals surface area contributed by atoms with Crippen molar-refractivity contribution in [1.29, 1.82) is 0 Å². The maximum absolute atomic E-state index is 14.1. The number of primary amides is 1. The molecule has 42 heavy (non-hydrogen) atoms. The maximum atomic E-state index is 14.1. The van der Waals surface area contributed by atoms with E-state index >= 15 is 0 Å². The number of carboxylic acid groups (broad SMARTS) is 1. The standard InChI is InChI=1S/C27H41N7O7S/c1-26(2,41)20-14-29-32-34(20)17-13-19(23(37)31-27(21(35)22(28)36)8-10-42-11-9-27)33(15-17)24(38)18(30-25(39)40)12-16-6-4-3-5-7-16/h14,16-19,30,41H,3-13,15H2,1-2H3,(H2,28,36)(H,31,37)(H,39,40)/t17-,18+,19-/m0/s1. The summed E-state index contributed by atoms with van der Waals surface area (Å²) in [6, 6.07) is -2.74. The number of aromatic nitrogens is 3. The van der Waals surface area contributed by atoms with Crippen LogP contribution in [0.1, 0.15) is 83.4 Å². The topological polar surface area (TPSA) is 210 Å². The molecule has 3 heterocycles. The summed E-state index contributed by atoms with van der Waals surface area (Å²) in [4.78, 5) is 66.0. The molecule has 4 amide bonds. The van der Waals surface area contributed by atoms with Gasteiger partial charge in [0.15, 0.2) is 0 Å². The lowest BCUT2D eigenvalue weighted by molar-refractivity contribution is -0.145. The molecule has 3 aliphatic rings. The summed E-state index contributed by atoms with van der Waals surface area (Å²) in [6.45, 7) is 3.14. The van der Waals surface area contributed by atoms with Gasteiger partial charge in [0.05, 0.1) is 17.9 Å². The van der Waals surface area contributed by atoms with Crippen molar-refractivity contribution in [1.82, 2.24) is 30.5 Å². The summed E-state index contributed by atoms with van der Waals surface area (Å²) in [5.74, 6) is -1.97. The number of likely N-dealkylation sites (tertiary alicyclic amines) is 1. The van der Waals surface area contributed by atoms with Gasteiger partial charge in [-0.3, -0.25) is 19.2 Å².